The molecule has 2 aliphatic heterocycles. The van der Waals surface area contributed by atoms with E-state index in [0.29, 0.717) is 101 Å². The number of fused-ring (bicyclic) bond motifs is 2. The molecule has 0 unspecified atom stereocenters. The first kappa shape index (κ1) is 40.4. The molecule has 17 heteroatoms. The summed E-state index contributed by atoms with van der Waals surface area (Å²) < 4.78 is 49.2. The molecule has 2 aromatic heterocycles. The van der Waals surface area contributed by atoms with Crippen molar-refractivity contribution < 1.29 is 42.8 Å². The number of pyridine rings is 2. The van der Waals surface area contributed by atoms with Crippen LogP contribution in [0.2, 0.25) is 0 Å². The second kappa shape index (κ2) is 18.2. The Morgan fingerprint density at radius 3 is 1.37 bits per heavy atom. The van der Waals surface area contributed by atoms with Crippen LogP contribution in [0, 0.1) is 11.6 Å². The van der Waals surface area contributed by atoms with E-state index in [4.69, 9.17) is 24.4 Å². The summed E-state index contributed by atoms with van der Waals surface area (Å²) in [7, 11) is 0. The average molecular weight is 795 g/mol. The number of ether oxygens (including phenoxy) is 3. The van der Waals surface area contributed by atoms with Gasteiger partial charge in [0.2, 0.25) is 10.9 Å². The molecule has 0 atom stereocenters. The molecule has 0 spiro atoms. The minimum absolute atomic E-state index is 0.00717. The fraction of sp³-hybridized carbons (Fsp3) is 0.500. The minimum atomic E-state index is -1.24. The number of nitrogens with one attached hydrogen (secondary N) is 2. The van der Waals surface area contributed by atoms with Gasteiger partial charge >= 0.3 is 11.9 Å². The van der Waals surface area contributed by atoms with Crippen molar-refractivity contribution in [2.75, 3.05) is 102 Å². The Bertz CT molecular complexity index is 2070. The van der Waals surface area contributed by atoms with Crippen molar-refractivity contribution in [1.82, 2.24) is 19.8 Å². The number of anilines is 2. The highest BCUT2D eigenvalue weighted by Gasteiger charge is 2.32. The minimum Gasteiger partial charge on any atom is -0.394 e. The van der Waals surface area contributed by atoms with Crippen molar-refractivity contribution in [3.63, 3.8) is 0 Å². The molecular formula is C40H48F2N6O9. The predicted molar refractivity (Wildman–Crippen MR) is 209 cm³/mol. The van der Waals surface area contributed by atoms with Crippen LogP contribution < -0.4 is 31.3 Å². The first-order valence-electron chi connectivity index (χ1n) is 19.5. The first-order valence-corrected chi connectivity index (χ1v) is 19.5. The maximum atomic E-state index is 15.4. The number of aliphatic hydroxyl groups excluding tert-OH is 2. The molecule has 0 radical (unpaired) electrons. The average Bonchev–Trinajstić information content (AvgIpc) is 4.16. The summed E-state index contributed by atoms with van der Waals surface area (Å²) in [6.07, 6.45) is 6.00. The topological polar surface area (TPSA) is 177 Å². The van der Waals surface area contributed by atoms with Crippen molar-refractivity contribution in [1.29, 1.82) is 0 Å². The summed E-state index contributed by atoms with van der Waals surface area (Å²) in [5.41, 5.74) is -0.618. The number of aliphatic hydroxyl groups is 2. The molecule has 8 rings (SSSR count). The fourth-order valence-corrected chi connectivity index (χ4v) is 7.26. The lowest BCUT2D eigenvalue weighted by molar-refractivity contribution is 0.0222. The van der Waals surface area contributed by atoms with Crippen molar-refractivity contribution in [3.05, 3.63) is 79.9 Å². The molecule has 57 heavy (non-hydrogen) atoms. The number of benzene rings is 2. The smallest absolute Gasteiger partial charge is 0.351 e. The van der Waals surface area contributed by atoms with Crippen LogP contribution in [0.1, 0.15) is 58.5 Å². The molecule has 0 bridgehead atoms. The Morgan fingerprint density at radius 1 is 0.632 bits per heavy atom. The van der Waals surface area contributed by atoms with Crippen LogP contribution in [0.4, 0.5) is 20.2 Å². The number of halogens is 2. The molecule has 15 nitrogen and oxygen atoms in total. The summed E-state index contributed by atoms with van der Waals surface area (Å²) in [6.45, 7) is 7.03. The Labute approximate surface area is 326 Å². The van der Waals surface area contributed by atoms with Crippen LogP contribution in [-0.2, 0) is 14.2 Å². The number of nitrogens with zero attached hydrogens (tertiary/aromatic N) is 4. The van der Waals surface area contributed by atoms with E-state index in [0.717, 1.165) is 37.8 Å². The highest BCUT2D eigenvalue weighted by molar-refractivity contribution is 6.05. The molecule has 2 aliphatic carbocycles. The molecule has 0 amide bonds. The molecule has 4 N–H and O–H groups in total. The summed E-state index contributed by atoms with van der Waals surface area (Å²) in [4.78, 5) is 57.9. The van der Waals surface area contributed by atoms with Gasteiger partial charge in [-0.15, -0.1) is 0 Å². The van der Waals surface area contributed by atoms with Crippen molar-refractivity contribution in [3.8, 4) is 0 Å². The SMILES string of the molecule is O=C(OC(=O)c1cn(C2CC2)c2cc(N3CCNCC3)c(F)cc2c1=O)c1cn(C2CC2)c2cc(N3CCNCC3)c(F)cc2c1=O.OCCOCCOCCO. The molecule has 2 aromatic carbocycles. The highest BCUT2D eigenvalue weighted by atomic mass is 19.1. The largest absolute Gasteiger partial charge is 0.394 e. The van der Waals surface area contributed by atoms with E-state index in [2.05, 4.69) is 10.6 Å². The van der Waals surface area contributed by atoms with Gasteiger partial charge in [0.1, 0.15) is 22.8 Å². The summed E-state index contributed by atoms with van der Waals surface area (Å²) in [5, 5.41) is 23.0. The summed E-state index contributed by atoms with van der Waals surface area (Å²) in [5.74, 6) is -3.63. The van der Waals surface area contributed by atoms with Gasteiger partial charge in [0.15, 0.2) is 0 Å². The predicted octanol–water partition coefficient (Wildman–Crippen LogP) is 2.09. The molecular weight excluding hydrogens is 746 g/mol. The Morgan fingerprint density at radius 2 is 1.02 bits per heavy atom. The monoisotopic (exact) mass is 794 g/mol. The molecule has 2 saturated heterocycles. The molecule has 2 saturated carbocycles. The lowest BCUT2D eigenvalue weighted by atomic mass is 10.1. The maximum Gasteiger partial charge on any atom is 0.351 e. The molecule has 4 aliphatic rings. The van der Waals surface area contributed by atoms with E-state index >= 15 is 8.78 Å². The van der Waals surface area contributed by atoms with Gasteiger partial charge in [-0.2, -0.15) is 0 Å². The Hall–Kier alpha value is -4.78. The summed E-state index contributed by atoms with van der Waals surface area (Å²) >= 11 is 0. The maximum absolute atomic E-state index is 15.4. The van der Waals surface area contributed by atoms with Gasteiger partial charge in [-0.05, 0) is 49.9 Å². The van der Waals surface area contributed by atoms with E-state index in [1.165, 1.54) is 12.4 Å². The van der Waals surface area contributed by atoms with Crippen LogP contribution in [-0.4, -0.2) is 123 Å². The van der Waals surface area contributed by atoms with E-state index in [-0.39, 0.29) is 36.1 Å². The first-order chi connectivity index (χ1) is 27.7. The van der Waals surface area contributed by atoms with Gasteiger partial charge in [-0.3, -0.25) is 9.59 Å². The third-order valence-electron chi connectivity index (χ3n) is 10.5. The van der Waals surface area contributed by atoms with Crippen LogP contribution in [0.3, 0.4) is 0 Å². The number of esters is 2. The number of piperazine rings is 2. The lowest BCUT2D eigenvalue weighted by Crippen LogP contribution is -2.44. The van der Waals surface area contributed by atoms with E-state index < -0.39 is 45.6 Å². The van der Waals surface area contributed by atoms with Crippen LogP contribution in [0.25, 0.3) is 21.8 Å². The third-order valence-corrected chi connectivity index (χ3v) is 10.5. The number of hydrogen-bond acceptors (Lipinski definition) is 13. The van der Waals surface area contributed by atoms with Crippen molar-refractivity contribution >= 4 is 45.1 Å². The third kappa shape index (κ3) is 9.19. The standard InChI is InChI=1S/C34H34F2N6O5.C6H14O4/c35-25-13-21-27(15-29(25)39-9-5-37-6-10-39)41(19-1-2-19)17-23(31(21)43)33(45)47-34(46)24-18-42(20-3-4-20)28-16-30(40-11-7-38-8-12-40)26(36)14-22(28)32(24)44;7-1-3-9-5-6-10-4-2-8/h13-20,37-38H,1-12H2;7-8H,1-6H2. The van der Waals surface area contributed by atoms with Gasteiger partial charge in [-0.25, -0.2) is 18.4 Å². The number of hydrogen-bond donors (Lipinski definition) is 4. The Balaban J connectivity index is 0.000000440. The van der Waals surface area contributed by atoms with Gasteiger partial charge in [0.05, 0.1) is 62.0 Å². The zero-order valence-electron chi connectivity index (χ0n) is 31.6. The summed E-state index contributed by atoms with van der Waals surface area (Å²) in [6, 6.07) is 5.61. The van der Waals surface area contributed by atoms with E-state index in [1.54, 1.807) is 21.3 Å². The highest BCUT2D eigenvalue weighted by Crippen LogP contribution is 2.39. The second-order valence-corrected chi connectivity index (χ2v) is 14.5. The molecule has 306 valence electrons. The zero-order valence-corrected chi connectivity index (χ0v) is 31.6. The van der Waals surface area contributed by atoms with Gasteiger partial charge < -0.3 is 54.0 Å². The van der Waals surface area contributed by atoms with Crippen LogP contribution >= 0.6 is 0 Å². The number of aromatic nitrogens is 2. The fourth-order valence-electron chi connectivity index (χ4n) is 7.26. The normalized spacial score (nSPS) is 17.1. The molecule has 4 fully saturated rings. The van der Waals surface area contributed by atoms with Gasteiger partial charge in [-0.1, -0.05) is 0 Å². The number of carbonyl (C=O) groups is 2. The van der Waals surface area contributed by atoms with Crippen LogP contribution in [0.15, 0.2) is 46.2 Å². The van der Waals surface area contributed by atoms with Crippen LogP contribution in [0.5, 0.6) is 0 Å². The molecule has 4 aromatic rings. The van der Waals surface area contributed by atoms with E-state index in [1.807, 2.05) is 9.80 Å². The van der Waals surface area contributed by atoms with Gasteiger partial charge in [0, 0.05) is 87.6 Å². The van der Waals surface area contributed by atoms with Crippen molar-refractivity contribution in [2.45, 2.75) is 37.8 Å². The van der Waals surface area contributed by atoms with Gasteiger partial charge in [0.25, 0.3) is 0 Å². The molecule has 4 heterocycles. The second-order valence-electron chi connectivity index (χ2n) is 14.5. The lowest BCUT2D eigenvalue weighted by Gasteiger charge is -2.30. The number of rotatable bonds is 13. The Kier molecular flexibility index (Phi) is 12.9. The number of carbonyl (C=O) groups excluding carboxylic acids is 2. The quantitative estimate of drug-likeness (QED) is 0.0881. The van der Waals surface area contributed by atoms with E-state index in [9.17, 15) is 19.2 Å². The van der Waals surface area contributed by atoms with Crippen molar-refractivity contribution in [2.24, 2.45) is 0 Å². The zero-order chi connectivity index (χ0) is 40.1.